The maximum absolute atomic E-state index is 13.9. The number of carboxylic acids is 1. The van der Waals surface area contributed by atoms with Crippen LogP contribution in [-0.4, -0.2) is 47.5 Å². The number of carbonyl (C=O) groups excluding carboxylic acids is 2. The van der Waals surface area contributed by atoms with Crippen LogP contribution in [0.1, 0.15) is 45.2 Å². The SMILES string of the molecule is CCOc1ccc(CCN(CCC(=O)O)C(=O)c2ccccc2-c2ccccc2C(=O)NCc2ccc(F)cc2)cc1. The summed E-state index contributed by atoms with van der Waals surface area (Å²) in [5.74, 6) is -1.25. The molecule has 4 aromatic rings. The maximum Gasteiger partial charge on any atom is 0.305 e. The van der Waals surface area contributed by atoms with Crippen molar-refractivity contribution in [1.82, 2.24) is 10.2 Å². The number of hydrogen-bond donors (Lipinski definition) is 2. The second kappa shape index (κ2) is 14.6. The van der Waals surface area contributed by atoms with Crippen molar-refractivity contribution in [2.75, 3.05) is 19.7 Å². The van der Waals surface area contributed by atoms with Crippen molar-refractivity contribution < 1.29 is 28.6 Å². The molecule has 0 saturated heterocycles. The number of nitrogens with one attached hydrogen (secondary N) is 1. The van der Waals surface area contributed by atoms with Crippen molar-refractivity contribution in [3.8, 4) is 16.9 Å². The van der Waals surface area contributed by atoms with Crippen LogP contribution in [-0.2, 0) is 17.8 Å². The number of aliphatic carboxylic acids is 1. The normalized spacial score (nSPS) is 10.6. The van der Waals surface area contributed by atoms with Gasteiger partial charge in [-0.1, -0.05) is 60.7 Å². The summed E-state index contributed by atoms with van der Waals surface area (Å²) in [6.07, 6.45) is 0.335. The highest BCUT2D eigenvalue weighted by molar-refractivity contribution is 6.06. The van der Waals surface area contributed by atoms with Crippen LogP contribution >= 0.6 is 0 Å². The summed E-state index contributed by atoms with van der Waals surface area (Å²) < 4.78 is 18.8. The Morgan fingerprint density at radius 3 is 2.02 bits per heavy atom. The molecule has 0 unspecified atom stereocenters. The van der Waals surface area contributed by atoms with Crippen LogP contribution in [0.2, 0.25) is 0 Å². The van der Waals surface area contributed by atoms with E-state index >= 15 is 0 Å². The lowest BCUT2D eigenvalue weighted by Crippen LogP contribution is -2.35. The number of hydrogen-bond acceptors (Lipinski definition) is 4. The largest absolute Gasteiger partial charge is 0.494 e. The molecule has 0 aromatic heterocycles. The van der Waals surface area contributed by atoms with Gasteiger partial charge in [-0.25, -0.2) is 4.39 Å². The van der Waals surface area contributed by atoms with Crippen molar-refractivity contribution in [2.24, 2.45) is 0 Å². The minimum absolute atomic E-state index is 0.0410. The van der Waals surface area contributed by atoms with Crippen molar-refractivity contribution in [2.45, 2.75) is 26.3 Å². The van der Waals surface area contributed by atoms with Crippen LogP contribution in [0, 0.1) is 5.82 Å². The molecule has 0 saturated carbocycles. The highest BCUT2D eigenvalue weighted by Crippen LogP contribution is 2.28. The van der Waals surface area contributed by atoms with E-state index in [1.165, 1.54) is 12.1 Å². The average molecular weight is 569 g/mol. The van der Waals surface area contributed by atoms with Gasteiger partial charge < -0.3 is 20.1 Å². The van der Waals surface area contributed by atoms with Crippen molar-refractivity contribution in [3.63, 3.8) is 0 Å². The average Bonchev–Trinajstić information content (AvgIpc) is 3.01. The smallest absolute Gasteiger partial charge is 0.305 e. The van der Waals surface area contributed by atoms with Gasteiger partial charge in [-0.15, -0.1) is 0 Å². The molecule has 0 atom stereocenters. The molecular weight excluding hydrogens is 535 g/mol. The van der Waals surface area contributed by atoms with E-state index < -0.39 is 5.97 Å². The molecule has 0 fully saturated rings. The molecule has 0 aliphatic heterocycles. The van der Waals surface area contributed by atoms with E-state index in [1.807, 2.05) is 31.2 Å². The molecule has 0 aliphatic rings. The first-order valence-corrected chi connectivity index (χ1v) is 13.8. The molecule has 4 rings (SSSR count). The summed E-state index contributed by atoms with van der Waals surface area (Å²) in [7, 11) is 0. The molecule has 2 N–H and O–H groups in total. The summed E-state index contributed by atoms with van der Waals surface area (Å²) in [5.41, 5.74) is 3.63. The summed E-state index contributed by atoms with van der Waals surface area (Å²) in [6.45, 7) is 3.04. The van der Waals surface area contributed by atoms with Gasteiger partial charge in [0.05, 0.1) is 13.0 Å². The fraction of sp³-hybridized carbons (Fsp3) is 0.206. The molecular formula is C34H33FN2O5. The van der Waals surface area contributed by atoms with Crippen LogP contribution in [0.3, 0.4) is 0 Å². The highest BCUT2D eigenvalue weighted by atomic mass is 19.1. The number of carbonyl (C=O) groups is 3. The van der Waals surface area contributed by atoms with Gasteiger partial charge in [0.2, 0.25) is 0 Å². The third kappa shape index (κ3) is 8.04. The van der Waals surface area contributed by atoms with Gasteiger partial charge in [-0.3, -0.25) is 14.4 Å². The Kier molecular flexibility index (Phi) is 10.4. The number of ether oxygens (including phenoxy) is 1. The number of carboxylic acid groups (broad SMARTS) is 1. The predicted molar refractivity (Wildman–Crippen MR) is 159 cm³/mol. The van der Waals surface area contributed by atoms with Gasteiger partial charge in [-0.2, -0.15) is 0 Å². The molecule has 2 amide bonds. The minimum atomic E-state index is -0.995. The van der Waals surface area contributed by atoms with Gasteiger partial charge in [0.15, 0.2) is 0 Å². The third-order valence-electron chi connectivity index (χ3n) is 6.77. The van der Waals surface area contributed by atoms with Gasteiger partial charge >= 0.3 is 5.97 Å². The van der Waals surface area contributed by atoms with Crippen molar-refractivity contribution in [1.29, 1.82) is 0 Å². The standard InChI is InChI=1S/C34H33FN2O5/c1-2-42-27-17-13-24(14-18-27)19-21-37(22-20-32(38)39)34(41)31-10-6-4-8-29(31)28-7-3-5-9-30(28)33(40)36-23-25-11-15-26(35)16-12-25/h3-18H,2,19-23H2,1H3,(H,36,40)(H,38,39). The maximum atomic E-state index is 13.9. The number of rotatable bonds is 13. The third-order valence-corrected chi connectivity index (χ3v) is 6.77. The molecule has 0 heterocycles. The van der Waals surface area contributed by atoms with Crippen molar-refractivity contribution >= 4 is 17.8 Å². The zero-order valence-electron chi connectivity index (χ0n) is 23.4. The van der Waals surface area contributed by atoms with E-state index in [1.54, 1.807) is 65.6 Å². The van der Waals surface area contributed by atoms with Crippen LogP contribution in [0.25, 0.3) is 11.1 Å². The fourth-order valence-electron chi connectivity index (χ4n) is 4.60. The Labute approximate surface area is 244 Å². The zero-order valence-corrected chi connectivity index (χ0v) is 23.4. The van der Waals surface area contributed by atoms with Gasteiger partial charge in [0, 0.05) is 30.8 Å². The van der Waals surface area contributed by atoms with E-state index in [-0.39, 0.29) is 37.1 Å². The number of amides is 2. The Bertz CT molecular complexity index is 1520. The summed E-state index contributed by atoms with van der Waals surface area (Å²) in [5, 5.41) is 12.2. The van der Waals surface area contributed by atoms with Gasteiger partial charge in [0.1, 0.15) is 11.6 Å². The lowest BCUT2D eigenvalue weighted by Gasteiger charge is -2.24. The number of benzene rings is 4. The highest BCUT2D eigenvalue weighted by Gasteiger charge is 2.22. The predicted octanol–water partition coefficient (Wildman–Crippen LogP) is 5.98. The molecule has 0 spiro atoms. The lowest BCUT2D eigenvalue weighted by molar-refractivity contribution is -0.137. The van der Waals surface area contributed by atoms with Crippen LogP contribution in [0.5, 0.6) is 5.75 Å². The molecule has 0 aliphatic carbocycles. The fourth-order valence-corrected chi connectivity index (χ4v) is 4.60. The first-order chi connectivity index (χ1) is 20.4. The van der Waals surface area contributed by atoms with Crippen LogP contribution in [0.15, 0.2) is 97.1 Å². The molecule has 0 bridgehead atoms. The van der Waals surface area contributed by atoms with E-state index in [0.717, 1.165) is 16.9 Å². The second-order valence-electron chi connectivity index (χ2n) is 9.66. The molecule has 7 nitrogen and oxygen atoms in total. The van der Waals surface area contributed by atoms with E-state index in [4.69, 9.17) is 4.74 Å². The van der Waals surface area contributed by atoms with Crippen LogP contribution < -0.4 is 10.1 Å². The first kappa shape index (κ1) is 30.0. The second-order valence-corrected chi connectivity index (χ2v) is 9.66. The molecule has 4 aromatic carbocycles. The molecule has 42 heavy (non-hydrogen) atoms. The summed E-state index contributed by atoms with van der Waals surface area (Å²) >= 11 is 0. The zero-order chi connectivity index (χ0) is 29.9. The Morgan fingerprint density at radius 1 is 0.786 bits per heavy atom. The number of halogens is 1. The summed E-state index contributed by atoms with van der Waals surface area (Å²) in [6, 6.07) is 27.5. The van der Waals surface area contributed by atoms with Crippen molar-refractivity contribution in [3.05, 3.63) is 125 Å². The summed E-state index contributed by atoms with van der Waals surface area (Å²) in [4.78, 5) is 40.1. The lowest BCUT2D eigenvalue weighted by atomic mass is 9.94. The first-order valence-electron chi connectivity index (χ1n) is 13.8. The minimum Gasteiger partial charge on any atom is -0.494 e. The van der Waals surface area contributed by atoms with Gasteiger partial charge in [0.25, 0.3) is 11.8 Å². The van der Waals surface area contributed by atoms with E-state index in [2.05, 4.69) is 5.32 Å². The Hall–Kier alpha value is -4.98. The molecule has 216 valence electrons. The quantitative estimate of drug-likeness (QED) is 0.207. The topological polar surface area (TPSA) is 95.9 Å². The van der Waals surface area contributed by atoms with Gasteiger partial charge in [-0.05, 0) is 72.0 Å². The van der Waals surface area contributed by atoms with E-state index in [0.29, 0.717) is 41.8 Å². The molecule has 8 heteroatoms. The number of nitrogens with zero attached hydrogens (tertiary/aromatic N) is 1. The molecule has 0 radical (unpaired) electrons. The van der Waals surface area contributed by atoms with Crippen LogP contribution in [0.4, 0.5) is 4.39 Å². The monoisotopic (exact) mass is 568 g/mol. The van der Waals surface area contributed by atoms with E-state index in [9.17, 15) is 23.9 Å². The Balaban J connectivity index is 1.57. The Morgan fingerprint density at radius 2 is 1.38 bits per heavy atom.